The first-order valence-electron chi connectivity index (χ1n) is 9.19. The maximum absolute atomic E-state index is 12.8. The molecule has 0 saturated carbocycles. The van der Waals surface area contributed by atoms with E-state index >= 15 is 0 Å². The normalized spacial score (nSPS) is 19.8. The van der Waals surface area contributed by atoms with Crippen LogP contribution in [-0.2, 0) is 29.1 Å². The van der Waals surface area contributed by atoms with E-state index in [1.54, 1.807) is 31.4 Å². The van der Waals surface area contributed by atoms with Crippen molar-refractivity contribution in [2.24, 2.45) is 0 Å². The molecule has 2 amide bonds. The molecule has 8 nitrogen and oxygen atoms in total. The number of likely N-dealkylation sites (tertiary alicyclic amines) is 1. The molecule has 2 rings (SSSR count). The molecule has 1 aromatic rings. The summed E-state index contributed by atoms with van der Waals surface area (Å²) in [4.78, 5) is 39.4. The van der Waals surface area contributed by atoms with Crippen LogP contribution in [0.1, 0.15) is 6.92 Å². The number of carbonyl (C=O) groups is 3. The summed E-state index contributed by atoms with van der Waals surface area (Å²) in [5.41, 5.74) is 0.213. The van der Waals surface area contributed by atoms with Crippen LogP contribution in [0, 0.1) is 0 Å². The summed E-state index contributed by atoms with van der Waals surface area (Å²) >= 11 is 18.0. The van der Waals surface area contributed by atoms with Crippen molar-refractivity contribution in [3.8, 4) is 5.75 Å². The van der Waals surface area contributed by atoms with Gasteiger partial charge in [-0.2, -0.15) is 0 Å². The van der Waals surface area contributed by atoms with Gasteiger partial charge in [-0.25, -0.2) is 9.00 Å². The lowest BCUT2D eigenvalue weighted by molar-refractivity contribution is -0.162. The Morgan fingerprint density at radius 3 is 2.39 bits per heavy atom. The maximum Gasteiger partial charge on any atom is 0.333 e. The minimum Gasteiger partial charge on any atom is -0.497 e. The highest BCUT2D eigenvalue weighted by atomic mass is 35.7. The van der Waals surface area contributed by atoms with E-state index in [1.807, 2.05) is 0 Å². The molecule has 0 spiro atoms. The number of alkyl halides is 3. The summed E-state index contributed by atoms with van der Waals surface area (Å²) in [6.45, 7) is 4.58. The number of halogens is 4. The van der Waals surface area contributed by atoms with Crippen LogP contribution in [0.25, 0.3) is 0 Å². The third-order valence-corrected chi connectivity index (χ3v) is 7.13. The Morgan fingerprint density at radius 1 is 1.30 bits per heavy atom. The first kappa shape index (κ1) is 28.1. The highest BCUT2D eigenvalue weighted by Gasteiger charge is 2.56. The molecule has 4 atom stereocenters. The molecule has 0 bridgehead atoms. The van der Waals surface area contributed by atoms with Gasteiger partial charge in [0.15, 0.2) is 11.4 Å². The number of nitrogens with zero attached hydrogens (tertiary/aromatic N) is 1. The minimum atomic E-state index is -2.12. The summed E-state index contributed by atoms with van der Waals surface area (Å²) in [5.74, 6) is -1.42. The van der Waals surface area contributed by atoms with Crippen LogP contribution in [0.4, 0.5) is 0 Å². The Bertz CT molecular complexity index is 941. The molecule has 1 aliphatic rings. The first-order chi connectivity index (χ1) is 15.4. The minimum absolute atomic E-state index is 0.00699. The Balaban J connectivity index is 2.05. The number of β-lactam (4-membered cyclic amide) rings is 1. The largest absolute Gasteiger partial charge is 0.497 e. The van der Waals surface area contributed by atoms with E-state index in [9.17, 15) is 18.6 Å². The zero-order chi connectivity index (χ0) is 24.9. The average molecular weight is 578 g/mol. The molecule has 0 aliphatic carbocycles. The zero-order valence-electron chi connectivity index (χ0n) is 17.4. The number of hydrogen-bond donors (Lipinski definition) is 1. The number of carbonyl (C=O) groups excluding carboxylic acids is 3. The molecule has 1 aromatic carbocycles. The summed E-state index contributed by atoms with van der Waals surface area (Å²) in [6, 6.07) is 4.56. The molecule has 1 saturated heterocycles. The maximum atomic E-state index is 12.8. The fraction of sp³-hybridized carbons (Fsp3) is 0.421. The quantitative estimate of drug-likeness (QED) is 0.114. The van der Waals surface area contributed by atoms with Gasteiger partial charge in [-0.05, 0) is 47.4 Å². The second-order valence-corrected chi connectivity index (χ2v) is 12.3. The van der Waals surface area contributed by atoms with Gasteiger partial charge >= 0.3 is 5.97 Å². The summed E-state index contributed by atoms with van der Waals surface area (Å²) in [6.07, 6.45) is 0. The molecule has 182 valence electrons. The zero-order valence-corrected chi connectivity index (χ0v) is 22.0. The monoisotopic (exact) mass is 576 g/mol. The molecular formula is C19H20Cl4N2O6S2. The highest BCUT2D eigenvalue weighted by Crippen LogP contribution is 2.32. The van der Waals surface area contributed by atoms with Crippen molar-refractivity contribution in [1.29, 1.82) is 0 Å². The van der Waals surface area contributed by atoms with Gasteiger partial charge in [-0.3, -0.25) is 9.59 Å². The van der Waals surface area contributed by atoms with E-state index in [-0.39, 0.29) is 11.3 Å². The standard InChI is InChI=1S/C19H20Cl4N2O6S2/c1-10(2)15(18(28)31-9-19(20,21)22)25-16(27)14(17(25)33(23)29)24-13(26)8-32-12-6-4-11(30-3)5-7-12/h4-7,14-15,17H,1,8-9H2,2-3H3,(H,24,26). The van der Waals surface area contributed by atoms with E-state index in [2.05, 4.69) is 11.9 Å². The van der Waals surface area contributed by atoms with Gasteiger partial charge in [0.25, 0.3) is 0 Å². The lowest BCUT2D eigenvalue weighted by Crippen LogP contribution is -2.75. The van der Waals surface area contributed by atoms with Crippen LogP contribution in [0.5, 0.6) is 5.75 Å². The van der Waals surface area contributed by atoms with E-state index < -0.39 is 55.7 Å². The van der Waals surface area contributed by atoms with Gasteiger partial charge in [0.2, 0.25) is 15.6 Å². The van der Waals surface area contributed by atoms with E-state index in [4.69, 9.17) is 55.0 Å². The molecule has 1 N–H and O–H groups in total. The SMILES string of the molecule is C=C(C)C(C(=O)OCC(Cl)(Cl)Cl)N1C(=O)C(NC(=O)CSc2ccc(OC)cc2)C1S(=O)Cl. The first-order valence-corrected chi connectivity index (χ1v) is 13.4. The molecule has 0 radical (unpaired) electrons. The average Bonchev–Trinajstić information content (AvgIpc) is 2.74. The Hall–Kier alpha value is -1.17. The van der Waals surface area contributed by atoms with E-state index in [0.29, 0.717) is 5.75 Å². The van der Waals surface area contributed by atoms with E-state index in [1.165, 1.54) is 18.7 Å². The van der Waals surface area contributed by atoms with Gasteiger partial charge < -0.3 is 19.7 Å². The van der Waals surface area contributed by atoms with Crippen LogP contribution in [0.15, 0.2) is 41.3 Å². The van der Waals surface area contributed by atoms with Gasteiger partial charge in [0.05, 0.1) is 12.9 Å². The topological polar surface area (TPSA) is 102 Å². The predicted molar refractivity (Wildman–Crippen MR) is 130 cm³/mol. The predicted octanol–water partition coefficient (Wildman–Crippen LogP) is 3.20. The van der Waals surface area contributed by atoms with Crippen molar-refractivity contribution in [3.05, 3.63) is 36.4 Å². The van der Waals surface area contributed by atoms with Crippen molar-refractivity contribution in [2.45, 2.75) is 33.1 Å². The Kier molecular flexibility index (Phi) is 10.2. The van der Waals surface area contributed by atoms with Gasteiger partial charge in [0.1, 0.15) is 28.4 Å². The summed E-state index contributed by atoms with van der Waals surface area (Å²) < 4.78 is 20.3. The third kappa shape index (κ3) is 7.66. The molecule has 1 fully saturated rings. The smallest absolute Gasteiger partial charge is 0.333 e. The molecule has 33 heavy (non-hydrogen) atoms. The highest BCUT2D eigenvalue weighted by molar-refractivity contribution is 8.08. The number of amides is 2. The number of ether oxygens (including phenoxy) is 2. The van der Waals surface area contributed by atoms with Crippen LogP contribution >= 0.6 is 57.2 Å². The number of rotatable bonds is 10. The van der Waals surface area contributed by atoms with Crippen molar-refractivity contribution in [1.82, 2.24) is 10.2 Å². The number of hydrogen-bond acceptors (Lipinski definition) is 7. The van der Waals surface area contributed by atoms with Crippen LogP contribution in [0.3, 0.4) is 0 Å². The fourth-order valence-corrected chi connectivity index (χ4v) is 5.15. The number of methoxy groups -OCH3 is 1. The van der Waals surface area contributed by atoms with Gasteiger partial charge in [0, 0.05) is 4.90 Å². The van der Waals surface area contributed by atoms with E-state index in [0.717, 1.165) is 9.80 Å². The summed E-state index contributed by atoms with van der Waals surface area (Å²) in [5, 5.41) is 1.33. The second kappa shape index (κ2) is 12.0. The number of esters is 1. The lowest BCUT2D eigenvalue weighted by atomic mass is 9.99. The molecule has 0 aromatic heterocycles. The molecule has 1 aliphatic heterocycles. The lowest BCUT2D eigenvalue weighted by Gasteiger charge is -2.48. The molecule has 4 unspecified atom stereocenters. The molecule has 1 heterocycles. The number of nitrogens with one attached hydrogen (secondary N) is 1. The van der Waals surface area contributed by atoms with Crippen LogP contribution < -0.4 is 10.1 Å². The fourth-order valence-electron chi connectivity index (χ4n) is 2.91. The van der Waals surface area contributed by atoms with Crippen LogP contribution in [-0.4, -0.2) is 67.6 Å². The van der Waals surface area contributed by atoms with Crippen LogP contribution in [0.2, 0.25) is 0 Å². The van der Waals surface area contributed by atoms with Crippen molar-refractivity contribution < 1.29 is 28.1 Å². The van der Waals surface area contributed by atoms with Gasteiger partial charge in [-0.15, -0.1) is 11.8 Å². The molecule has 14 heteroatoms. The van der Waals surface area contributed by atoms with Crippen molar-refractivity contribution in [3.63, 3.8) is 0 Å². The third-order valence-electron chi connectivity index (χ3n) is 4.36. The van der Waals surface area contributed by atoms with Gasteiger partial charge in [-0.1, -0.05) is 41.4 Å². The Labute approximate surface area is 217 Å². The second-order valence-electron chi connectivity index (χ2n) is 6.87. The summed E-state index contributed by atoms with van der Waals surface area (Å²) in [7, 11) is 5.21. The van der Waals surface area contributed by atoms with Crippen molar-refractivity contribution >= 4 is 85.0 Å². The van der Waals surface area contributed by atoms with Crippen molar-refractivity contribution in [2.75, 3.05) is 19.5 Å². The number of thioether (sulfide) groups is 1. The Morgan fingerprint density at radius 2 is 1.91 bits per heavy atom. The number of benzene rings is 1. The molecular weight excluding hydrogens is 558 g/mol.